The summed E-state index contributed by atoms with van der Waals surface area (Å²) in [7, 11) is 1.73. The van der Waals surface area contributed by atoms with Gasteiger partial charge in [-0.2, -0.15) is 0 Å². The van der Waals surface area contributed by atoms with Gasteiger partial charge in [0.1, 0.15) is 12.4 Å². The van der Waals surface area contributed by atoms with Gasteiger partial charge in [0.25, 0.3) is 5.91 Å². The summed E-state index contributed by atoms with van der Waals surface area (Å²) in [6.07, 6.45) is 0. The maximum atomic E-state index is 12.3. The molecule has 0 radical (unpaired) electrons. The molecular weight excluding hydrogens is 491 g/mol. The van der Waals surface area contributed by atoms with E-state index in [1.165, 1.54) is 5.56 Å². The fourth-order valence-electron chi connectivity index (χ4n) is 2.61. The van der Waals surface area contributed by atoms with Crippen LogP contribution in [0.4, 0.5) is 0 Å². The highest BCUT2D eigenvalue weighted by Gasteiger charge is 2.15. The van der Waals surface area contributed by atoms with Crippen LogP contribution in [-0.4, -0.2) is 37.6 Å². The molecule has 0 unspecified atom stereocenters. The normalized spacial score (nSPS) is 11.3. The van der Waals surface area contributed by atoms with Gasteiger partial charge in [0.05, 0.1) is 6.54 Å². The average molecular weight is 524 g/mol. The number of aryl methyl sites for hydroxylation is 1. The van der Waals surface area contributed by atoms with Gasteiger partial charge in [0.15, 0.2) is 5.96 Å². The van der Waals surface area contributed by atoms with Gasteiger partial charge in [0.2, 0.25) is 0 Å². The molecule has 3 N–H and O–H groups in total. The summed E-state index contributed by atoms with van der Waals surface area (Å²) in [5.41, 5.74) is 2.59. The molecule has 2 aromatic rings. The largest absolute Gasteiger partial charge is 0.492 e. The van der Waals surface area contributed by atoms with Crippen LogP contribution in [0.3, 0.4) is 0 Å². The van der Waals surface area contributed by atoms with E-state index in [4.69, 9.17) is 4.74 Å². The first-order valence-corrected chi connectivity index (χ1v) is 9.82. The molecule has 7 heteroatoms. The Balaban J connectivity index is 0.00000450. The van der Waals surface area contributed by atoms with Crippen LogP contribution in [0.25, 0.3) is 0 Å². The first-order chi connectivity index (χ1) is 13.8. The molecule has 30 heavy (non-hydrogen) atoms. The summed E-state index contributed by atoms with van der Waals surface area (Å²) < 4.78 is 5.71. The second-order valence-electron chi connectivity index (χ2n) is 7.92. The number of rotatable bonds is 7. The zero-order valence-corrected chi connectivity index (χ0v) is 20.7. The smallest absolute Gasteiger partial charge is 0.251 e. The molecular formula is C23H33IN4O2. The van der Waals surface area contributed by atoms with E-state index in [1.54, 1.807) is 7.05 Å². The SMILES string of the molecule is CN=C(NCCOc1ccc(C)cc1)NCc1cccc(C(=O)NC(C)(C)C)c1.I. The standard InChI is InChI=1S/C23H32N4O2.HI/c1-17-9-11-20(12-10-17)29-14-13-25-22(24-5)26-16-18-7-6-8-19(15-18)21(28)27-23(2,3)4;/h6-12,15H,13-14,16H2,1-5H3,(H,27,28)(H2,24,25,26);1H. The van der Waals surface area contributed by atoms with Crippen molar-refractivity contribution in [3.63, 3.8) is 0 Å². The molecule has 2 aromatic carbocycles. The third-order valence-corrected chi connectivity index (χ3v) is 4.05. The minimum Gasteiger partial charge on any atom is -0.492 e. The van der Waals surface area contributed by atoms with E-state index < -0.39 is 0 Å². The lowest BCUT2D eigenvalue weighted by atomic mass is 10.1. The van der Waals surface area contributed by atoms with Crippen LogP contribution >= 0.6 is 24.0 Å². The molecule has 0 aromatic heterocycles. The molecule has 0 bridgehead atoms. The van der Waals surface area contributed by atoms with E-state index in [0.717, 1.165) is 11.3 Å². The summed E-state index contributed by atoms with van der Waals surface area (Å²) in [6.45, 7) is 9.67. The Morgan fingerprint density at radius 3 is 2.40 bits per heavy atom. The van der Waals surface area contributed by atoms with Crippen LogP contribution in [0.2, 0.25) is 0 Å². The number of ether oxygens (including phenoxy) is 1. The molecule has 0 atom stereocenters. The Morgan fingerprint density at radius 1 is 1.07 bits per heavy atom. The molecule has 0 saturated carbocycles. The van der Waals surface area contributed by atoms with E-state index >= 15 is 0 Å². The summed E-state index contributed by atoms with van der Waals surface area (Å²) in [5.74, 6) is 1.46. The van der Waals surface area contributed by atoms with Crippen LogP contribution in [0.5, 0.6) is 5.75 Å². The Bertz CT molecular complexity index is 830. The summed E-state index contributed by atoms with van der Waals surface area (Å²) in [5, 5.41) is 9.46. The third kappa shape index (κ3) is 9.47. The van der Waals surface area contributed by atoms with E-state index in [0.29, 0.717) is 31.2 Å². The van der Waals surface area contributed by atoms with Gasteiger partial charge in [-0.25, -0.2) is 0 Å². The molecule has 0 aliphatic carbocycles. The Labute approximate surface area is 196 Å². The van der Waals surface area contributed by atoms with Crippen molar-refractivity contribution in [2.75, 3.05) is 20.2 Å². The molecule has 0 aliphatic heterocycles. The number of nitrogens with one attached hydrogen (secondary N) is 3. The number of hydrogen-bond donors (Lipinski definition) is 3. The Hall–Kier alpha value is -2.29. The minimum absolute atomic E-state index is 0. The number of aliphatic imine (C=N–C) groups is 1. The lowest BCUT2D eigenvalue weighted by Gasteiger charge is -2.20. The van der Waals surface area contributed by atoms with Crippen molar-refractivity contribution >= 4 is 35.8 Å². The van der Waals surface area contributed by atoms with Crippen LogP contribution < -0.4 is 20.7 Å². The minimum atomic E-state index is -0.266. The van der Waals surface area contributed by atoms with Crippen molar-refractivity contribution in [2.45, 2.75) is 39.8 Å². The summed E-state index contributed by atoms with van der Waals surface area (Å²) >= 11 is 0. The van der Waals surface area contributed by atoms with Crippen LogP contribution in [-0.2, 0) is 6.54 Å². The average Bonchev–Trinajstić information content (AvgIpc) is 2.68. The molecule has 164 valence electrons. The number of carbonyl (C=O) groups is 1. The van der Waals surface area contributed by atoms with Gasteiger partial charge in [-0.3, -0.25) is 9.79 Å². The topological polar surface area (TPSA) is 74.8 Å². The van der Waals surface area contributed by atoms with Gasteiger partial charge in [-0.05, 0) is 57.5 Å². The van der Waals surface area contributed by atoms with Crippen molar-refractivity contribution in [3.05, 3.63) is 65.2 Å². The third-order valence-electron chi connectivity index (χ3n) is 4.05. The summed E-state index contributed by atoms with van der Waals surface area (Å²) in [4.78, 5) is 16.6. The molecule has 0 aliphatic rings. The van der Waals surface area contributed by atoms with Gasteiger partial charge < -0.3 is 20.7 Å². The number of amides is 1. The van der Waals surface area contributed by atoms with Crippen molar-refractivity contribution in [3.8, 4) is 5.75 Å². The highest BCUT2D eigenvalue weighted by atomic mass is 127. The fraction of sp³-hybridized carbons (Fsp3) is 0.391. The first-order valence-electron chi connectivity index (χ1n) is 9.82. The molecule has 0 saturated heterocycles. The van der Waals surface area contributed by atoms with Gasteiger partial charge in [-0.15, -0.1) is 24.0 Å². The first kappa shape index (κ1) is 25.7. The second kappa shape index (κ2) is 12.4. The number of benzene rings is 2. The molecule has 0 spiro atoms. The molecule has 0 fully saturated rings. The molecule has 0 heterocycles. The lowest BCUT2D eigenvalue weighted by Crippen LogP contribution is -2.40. The number of guanidine groups is 1. The van der Waals surface area contributed by atoms with Crippen LogP contribution in [0, 0.1) is 6.92 Å². The van der Waals surface area contributed by atoms with E-state index in [9.17, 15) is 4.79 Å². The second-order valence-corrected chi connectivity index (χ2v) is 7.92. The Kier molecular flexibility index (Phi) is 10.7. The predicted octanol–water partition coefficient (Wildman–Crippen LogP) is 3.89. The quantitative estimate of drug-likeness (QED) is 0.223. The van der Waals surface area contributed by atoms with Crippen LogP contribution in [0.1, 0.15) is 42.3 Å². The van der Waals surface area contributed by atoms with Crippen molar-refractivity contribution in [2.24, 2.45) is 4.99 Å². The van der Waals surface area contributed by atoms with Crippen LogP contribution in [0.15, 0.2) is 53.5 Å². The molecule has 6 nitrogen and oxygen atoms in total. The van der Waals surface area contributed by atoms with Crippen molar-refractivity contribution in [1.82, 2.24) is 16.0 Å². The zero-order chi connectivity index (χ0) is 21.3. The number of carbonyl (C=O) groups excluding carboxylic acids is 1. The van der Waals surface area contributed by atoms with Gasteiger partial charge in [-0.1, -0.05) is 29.8 Å². The van der Waals surface area contributed by atoms with Crippen molar-refractivity contribution < 1.29 is 9.53 Å². The number of hydrogen-bond acceptors (Lipinski definition) is 3. The monoisotopic (exact) mass is 524 g/mol. The Morgan fingerprint density at radius 2 is 1.77 bits per heavy atom. The van der Waals surface area contributed by atoms with E-state index in [-0.39, 0.29) is 35.4 Å². The number of nitrogens with zero attached hydrogens (tertiary/aromatic N) is 1. The van der Waals surface area contributed by atoms with Gasteiger partial charge >= 0.3 is 0 Å². The highest BCUT2D eigenvalue weighted by molar-refractivity contribution is 14.0. The molecule has 1 amide bonds. The highest BCUT2D eigenvalue weighted by Crippen LogP contribution is 2.11. The fourth-order valence-corrected chi connectivity index (χ4v) is 2.61. The number of halogens is 1. The maximum absolute atomic E-state index is 12.3. The zero-order valence-electron chi connectivity index (χ0n) is 18.4. The van der Waals surface area contributed by atoms with Gasteiger partial charge in [0, 0.05) is 24.7 Å². The van der Waals surface area contributed by atoms with Crippen molar-refractivity contribution in [1.29, 1.82) is 0 Å². The summed E-state index contributed by atoms with van der Waals surface area (Å²) in [6, 6.07) is 15.6. The molecule has 2 rings (SSSR count). The lowest BCUT2D eigenvalue weighted by molar-refractivity contribution is 0.0919. The van der Waals surface area contributed by atoms with E-state index in [1.807, 2.05) is 76.2 Å². The van der Waals surface area contributed by atoms with E-state index in [2.05, 4.69) is 20.9 Å². The predicted molar refractivity (Wildman–Crippen MR) is 134 cm³/mol. The maximum Gasteiger partial charge on any atom is 0.251 e.